The van der Waals surface area contributed by atoms with Gasteiger partial charge in [0.05, 0.1) is 6.04 Å². The molecule has 0 fully saturated rings. The van der Waals surface area contributed by atoms with Crippen molar-refractivity contribution >= 4 is 34.1 Å². The predicted octanol–water partition coefficient (Wildman–Crippen LogP) is 3.72. The van der Waals surface area contributed by atoms with Gasteiger partial charge in [-0.15, -0.1) is 0 Å². The van der Waals surface area contributed by atoms with Crippen molar-refractivity contribution in [1.29, 1.82) is 0 Å². The van der Waals surface area contributed by atoms with Gasteiger partial charge in [0, 0.05) is 15.7 Å². The van der Waals surface area contributed by atoms with Crippen molar-refractivity contribution in [1.82, 2.24) is 0 Å². The molecule has 2 aromatic carbocycles. The zero-order valence-electron chi connectivity index (χ0n) is 11.1. The second-order valence-electron chi connectivity index (χ2n) is 4.53. The number of anilines is 1. The monoisotopic (exact) mass is 399 g/mol. The third kappa shape index (κ3) is 4.32. The van der Waals surface area contributed by atoms with Crippen LogP contribution in [0.2, 0.25) is 0 Å². The summed E-state index contributed by atoms with van der Waals surface area (Å²) in [6.45, 7) is 0. The summed E-state index contributed by atoms with van der Waals surface area (Å²) in [6.07, 6.45) is 0.341. The van der Waals surface area contributed by atoms with E-state index in [4.69, 9.17) is 10.9 Å². The summed E-state index contributed by atoms with van der Waals surface area (Å²) in [5.41, 5.74) is 7.43. The number of hydrogen-bond acceptors (Lipinski definition) is 3. The lowest BCUT2D eigenvalue weighted by molar-refractivity contribution is 0.316. The number of hydrogen-bond donors (Lipinski definition) is 3. The number of amidine groups is 1. The Labute approximate surface area is 136 Å². The molecule has 21 heavy (non-hydrogen) atoms. The molecule has 110 valence electrons. The minimum atomic E-state index is -0.280. The number of nitrogens with two attached hydrogens (primary N) is 1. The number of rotatable bonds is 5. The van der Waals surface area contributed by atoms with Crippen molar-refractivity contribution < 1.29 is 9.60 Å². The first kappa shape index (κ1) is 15.6. The molecule has 4 nitrogen and oxygen atoms in total. The number of benzene rings is 2. The molecule has 6 heteroatoms. The Hall–Kier alpha value is -1.83. The molecule has 0 saturated carbocycles. The van der Waals surface area contributed by atoms with Crippen LogP contribution in [0, 0.1) is 9.39 Å². The van der Waals surface area contributed by atoms with Gasteiger partial charge in [0.2, 0.25) is 0 Å². The van der Waals surface area contributed by atoms with Crippen molar-refractivity contribution in [3.63, 3.8) is 0 Å². The Balaban J connectivity index is 2.27. The molecule has 0 aromatic heterocycles. The molecule has 0 aliphatic rings. The predicted molar refractivity (Wildman–Crippen MR) is 89.9 cm³/mol. The van der Waals surface area contributed by atoms with Gasteiger partial charge in [-0.05, 0) is 46.4 Å². The van der Waals surface area contributed by atoms with Gasteiger partial charge >= 0.3 is 0 Å². The lowest BCUT2D eigenvalue weighted by Gasteiger charge is -2.20. The molecule has 0 aliphatic carbocycles. The molecule has 4 N–H and O–H groups in total. The quantitative estimate of drug-likeness (QED) is 0.236. The van der Waals surface area contributed by atoms with Gasteiger partial charge < -0.3 is 16.3 Å². The maximum atomic E-state index is 13.2. The van der Waals surface area contributed by atoms with E-state index in [9.17, 15) is 4.39 Å². The van der Waals surface area contributed by atoms with Crippen molar-refractivity contribution in [3.05, 3.63) is 63.5 Å². The molecule has 0 bridgehead atoms. The zero-order valence-corrected chi connectivity index (χ0v) is 13.3. The Morgan fingerprint density at radius 2 is 2.00 bits per heavy atom. The van der Waals surface area contributed by atoms with Gasteiger partial charge in [-0.25, -0.2) is 4.39 Å². The fourth-order valence-electron chi connectivity index (χ4n) is 1.98. The molecule has 0 aliphatic heterocycles. The average molecular weight is 399 g/mol. The number of halogens is 2. The van der Waals surface area contributed by atoms with E-state index < -0.39 is 0 Å². The molecule has 0 heterocycles. The average Bonchev–Trinajstić information content (AvgIpc) is 2.49. The van der Waals surface area contributed by atoms with Crippen LogP contribution in [0.25, 0.3) is 0 Å². The van der Waals surface area contributed by atoms with Crippen LogP contribution in [0.3, 0.4) is 0 Å². The largest absolute Gasteiger partial charge is 0.409 e. The van der Waals surface area contributed by atoms with E-state index in [1.54, 1.807) is 6.07 Å². The van der Waals surface area contributed by atoms with Gasteiger partial charge in [0.15, 0.2) is 0 Å². The standard InChI is InChI=1S/C15H15FIN3O/c16-11-6-7-13(12(17)8-11)19-14(9-15(18)20-21)10-4-2-1-3-5-10/h1-8,14,19,21H,9H2,(H2,18,20). The summed E-state index contributed by atoms with van der Waals surface area (Å²) in [6, 6.07) is 14.0. The van der Waals surface area contributed by atoms with Crippen LogP contribution in [0.4, 0.5) is 10.1 Å². The van der Waals surface area contributed by atoms with Crippen LogP contribution in [0.1, 0.15) is 18.0 Å². The molecule has 0 amide bonds. The second-order valence-corrected chi connectivity index (χ2v) is 5.69. The molecule has 1 atom stereocenters. The van der Waals surface area contributed by atoms with Gasteiger partial charge in [-0.1, -0.05) is 35.5 Å². The van der Waals surface area contributed by atoms with Crippen LogP contribution in [-0.2, 0) is 0 Å². The van der Waals surface area contributed by atoms with Gasteiger partial charge in [0.25, 0.3) is 0 Å². The number of oxime groups is 1. The second kappa shape index (κ2) is 7.26. The maximum Gasteiger partial charge on any atom is 0.141 e. The van der Waals surface area contributed by atoms with Crippen molar-refractivity contribution in [3.8, 4) is 0 Å². The zero-order chi connectivity index (χ0) is 15.2. The summed E-state index contributed by atoms with van der Waals surface area (Å²) in [5.74, 6) is -0.147. The Kier molecular flexibility index (Phi) is 5.38. The minimum absolute atomic E-state index is 0.133. The Bertz CT molecular complexity index is 634. The van der Waals surface area contributed by atoms with Crippen molar-refractivity contribution in [2.24, 2.45) is 10.9 Å². The van der Waals surface area contributed by atoms with Crippen LogP contribution in [0.15, 0.2) is 53.7 Å². The summed E-state index contributed by atoms with van der Waals surface area (Å²) < 4.78 is 13.9. The fraction of sp³-hybridized carbons (Fsp3) is 0.133. The van der Waals surface area contributed by atoms with Gasteiger partial charge in [0.1, 0.15) is 11.7 Å². The van der Waals surface area contributed by atoms with E-state index in [0.29, 0.717) is 6.42 Å². The highest BCUT2D eigenvalue weighted by Gasteiger charge is 2.15. The van der Waals surface area contributed by atoms with Crippen molar-refractivity contribution in [2.45, 2.75) is 12.5 Å². The number of nitrogens with one attached hydrogen (secondary N) is 1. The highest BCUT2D eigenvalue weighted by atomic mass is 127. The normalized spacial score (nSPS) is 13.0. The summed E-state index contributed by atoms with van der Waals surface area (Å²) in [5, 5.41) is 15.1. The SMILES string of the molecule is NC(CC(Nc1ccc(F)cc1I)c1ccccc1)=NO. The first-order valence-corrected chi connectivity index (χ1v) is 7.41. The summed E-state index contributed by atoms with van der Waals surface area (Å²) in [7, 11) is 0. The third-order valence-corrected chi connectivity index (χ3v) is 3.90. The van der Waals surface area contributed by atoms with Crippen LogP contribution >= 0.6 is 22.6 Å². The first-order valence-electron chi connectivity index (χ1n) is 6.33. The van der Waals surface area contributed by atoms with Gasteiger partial charge in [-0.2, -0.15) is 0 Å². The van der Waals surface area contributed by atoms with Gasteiger partial charge in [-0.3, -0.25) is 0 Å². The maximum absolute atomic E-state index is 13.2. The molecular formula is C15H15FIN3O. The summed E-state index contributed by atoms with van der Waals surface area (Å²) in [4.78, 5) is 0. The lowest BCUT2D eigenvalue weighted by atomic mass is 10.0. The highest BCUT2D eigenvalue weighted by molar-refractivity contribution is 14.1. The Morgan fingerprint density at radius 3 is 2.62 bits per heavy atom. The van der Waals surface area contributed by atoms with E-state index in [1.165, 1.54) is 12.1 Å². The fourth-order valence-corrected chi connectivity index (χ4v) is 2.61. The Morgan fingerprint density at radius 1 is 1.29 bits per heavy atom. The molecular weight excluding hydrogens is 384 g/mol. The lowest BCUT2D eigenvalue weighted by Crippen LogP contribution is -2.21. The molecule has 0 saturated heterocycles. The molecule has 0 spiro atoms. The molecule has 0 radical (unpaired) electrons. The smallest absolute Gasteiger partial charge is 0.141 e. The van der Waals surface area contributed by atoms with E-state index in [1.807, 2.05) is 30.3 Å². The highest BCUT2D eigenvalue weighted by Crippen LogP contribution is 2.26. The molecule has 2 aromatic rings. The van der Waals surface area contributed by atoms with Crippen LogP contribution in [-0.4, -0.2) is 11.0 Å². The topological polar surface area (TPSA) is 70.6 Å². The van der Waals surface area contributed by atoms with E-state index in [-0.39, 0.29) is 17.7 Å². The third-order valence-electron chi connectivity index (χ3n) is 3.00. The minimum Gasteiger partial charge on any atom is -0.409 e. The van der Waals surface area contributed by atoms with E-state index in [0.717, 1.165) is 14.8 Å². The first-order chi connectivity index (χ1) is 10.1. The molecule has 1 unspecified atom stereocenters. The van der Waals surface area contributed by atoms with E-state index in [2.05, 4.69) is 33.1 Å². The van der Waals surface area contributed by atoms with Crippen LogP contribution < -0.4 is 11.1 Å². The summed E-state index contributed by atoms with van der Waals surface area (Å²) >= 11 is 2.07. The van der Waals surface area contributed by atoms with Crippen molar-refractivity contribution in [2.75, 3.05) is 5.32 Å². The van der Waals surface area contributed by atoms with E-state index >= 15 is 0 Å². The molecule has 2 rings (SSSR count). The number of nitrogens with zero attached hydrogens (tertiary/aromatic N) is 1. The van der Waals surface area contributed by atoms with Crippen LogP contribution in [0.5, 0.6) is 0 Å².